The molecule has 1 aromatic rings. The molecule has 0 aromatic heterocycles. The highest BCUT2D eigenvalue weighted by atomic mass is 16.7. The molecule has 2 rings (SSSR count). The molecule has 1 saturated heterocycles. The van der Waals surface area contributed by atoms with Gasteiger partial charge in [-0.2, -0.15) is 0 Å². The third-order valence-corrected chi connectivity index (χ3v) is 3.17. The van der Waals surface area contributed by atoms with Gasteiger partial charge in [0.2, 0.25) is 0 Å². The van der Waals surface area contributed by atoms with Gasteiger partial charge in [-0.1, -0.05) is 12.1 Å². The molecule has 6 heteroatoms. The molecule has 0 bridgehead atoms. The molecule has 0 aliphatic carbocycles. The number of carbonyl (C=O) groups excluding carboxylic acids is 1. The third kappa shape index (κ3) is 4.47. The molecule has 114 valence electrons. The summed E-state index contributed by atoms with van der Waals surface area (Å²) in [6.07, 6.45) is -0.310. The van der Waals surface area contributed by atoms with E-state index in [1.165, 1.54) is 0 Å². The lowest BCUT2D eigenvalue weighted by atomic mass is 9.79. The van der Waals surface area contributed by atoms with Crippen LogP contribution < -0.4 is 10.8 Å². The summed E-state index contributed by atoms with van der Waals surface area (Å²) in [5.74, 6) is 0. The van der Waals surface area contributed by atoms with E-state index in [2.05, 4.69) is 5.32 Å². The summed E-state index contributed by atoms with van der Waals surface area (Å²) in [6, 6.07) is 7.36. The normalized spacial score (nSPS) is 22.2. The van der Waals surface area contributed by atoms with Crippen molar-refractivity contribution in [1.82, 2.24) is 0 Å². The van der Waals surface area contributed by atoms with Crippen LogP contribution in [0, 0.1) is 0 Å². The Morgan fingerprint density at radius 1 is 1.14 bits per heavy atom. The van der Waals surface area contributed by atoms with Crippen LogP contribution in [0.5, 0.6) is 0 Å². The summed E-state index contributed by atoms with van der Waals surface area (Å²) in [5.41, 5.74) is 1.09. The summed E-state index contributed by atoms with van der Waals surface area (Å²) in [4.78, 5) is 11.7. The molecule has 1 aromatic carbocycles. The number of benzene rings is 1. The number of carbonyl (C=O) groups is 1. The van der Waals surface area contributed by atoms with Crippen LogP contribution in [0.1, 0.15) is 34.6 Å². The second-order valence-corrected chi connectivity index (χ2v) is 6.26. The van der Waals surface area contributed by atoms with Crippen molar-refractivity contribution in [1.29, 1.82) is 0 Å². The smallest absolute Gasteiger partial charge is 0.444 e. The zero-order chi connectivity index (χ0) is 15.6. The molecule has 0 spiro atoms. The lowest BCUT2D eigenvalue weighted by molar-refractivity contribution is 0.0636. The Kier molecular flexibility index (Phi) is 4.59. The van der Waals surface area contributed by atoms with E-state index >= 15 is 0 Å². The van der Waals surface area contributed by atoms with E-state index in [0.717, 1.165) is 5.46 Å². The van der Waals surface area contributed by atoms with Crippen molar-refractivity contribution in [2.45, 2.75) is 52.4 Å². The molecular formula is C15H22BNO4. The fourth-order valence-corrected chi connectivity index (χ4v) is 1.95. The van der Waals surface area contributed by atoms with Crippen molar-refractivity contribution >= 4 is 24.4 Å². The van der Waals surface area contributed by atoms with Crippen molar-refractivity contribution in [2.75, 3.05) is 5.32 Å². The van der Waals surface area contributed by atoms with Crippen LogP contribution in [0.4, 0.5) is 10.5 Å². The summed E-state index contributed by atoms with van der Waals surface area (Å²) >= 11 is 0. The van der Waals surface area contributed by atoms with E-state index in [1.54, 1.807) is 12.1 Å². The molecular weight excluding hydrogens is 269 g/mol. The van der Waals surface area contributed by atoms with Crippen molar-refractivity contribution in [3.8, 4) is 0 Å². The fraction of sp³-hybridized carbons (Fsp3) is 0.533. The lowest BCUT2D eigenvalue weighted by Gasteiger charge is -2.19. The van der Waals surface area contributed by atoms with Gasteiger partial charge in [-0.3, -0.25) is 5.32 Å². The standard InChI is InChI=1S/C15H22BNO4/c1-10-11(2)21-16(20-10)12-6-8-13(9-7-12)17-14(18)19-15(3,4)5/h6-11H,1-5H3,(H,17,18). The maximum atomic E-state index is 11.7. The second kappa shape index (κ2) is 6.07. The molecule has 1 N–H and O–H groups in total. The zero-order valence-electron chi connectivity index (χ0n) is 13.2. The number of rotatable bonds is 2. The predicted molar refractivity (Wildman–Crippen MR) is 82.8 cm³/mol. The minimum Gasteiger partial charge on any atom is -0.444 e. The monoisotopic (exact) mass is 291 g/mol. The Bertz CT molecular complexity index is 487. The molecule has 1 aliphatic rings. The molecule has 0 saturated carbocycles. The first kappa shape index (κ1) is 15.9. The molecule has 1 fully saturated rings. The number of ether oxygens (including phenoxy) is 1. The molecule has 1 heterocycles. The van der Waals surface area contributed by atoms with Gasteiger partial charge >= 0.3 is 13.2 Å². The van der Waals surface area contributed by atoms with E-state index in [4.69, 9.17) is 14.0 Å². The Morgan fingerprint density at radius 3 is 2.14 bits per heavy atom. The number of hydrogen-bond acceptors (Lipinski definition) is 4. The van der Waals surface area contributed by atoms with Crippen LogP contribution in [-0.4, -0.2) is 31.0 Å². The SMILES string of the molecule is CC1OB(c2ccc(NC(=O)OC(C)(C)C)cc2)OC1C. The van der Waals surface area contributed by atoms with Crippen molar-refractivity contribution in [2.24, 2.45) is 0 Å². The first-order chi connectivity index (χ1) is 9.74. The molecule has 21 heavy (non-hydrogen) atoms. The third-order valence-electron chi connectivity index (χ3n) is 3.17. The molecule has 2 unspecified atom stereocenters. The molecule has 1 amide bonds. The Hall–Kier alpha value is -1.53. The first-order valence-electron chi connectivity index (χ1n) is 7.15. The van der Waals surface area contributed by atoms with Gasteiger partial charge in [0.05, 0.1) is 12.2 Å². The van der Waals surface area contributed by atoms with Crippen LogP contribution in [-0.2, 0) is 14.0 Å². The van der Waals surface area contributed by atoms with Gasteiger partial charge in [-0.15, -0.1) is 0 Å². The van der Waals surface area contributed by atoms with E-state index < -0.39 is 11.7 Å². The second-order valence-electron chi connectivity index (χ2n) is 6.26. The van der Waals surface area contributed by atoms with Crippen LogP contribution in [0.15, 0.2) is 24.3 Å². The van der Waals surface area contributed by atoms with Gasteiger partial charge in [-0.05, 0) is 52.2 Å². The quantitative estimate of drug-likeness (QED) is 0.851. The number of amides is 1. The summed E-state index contributed by atoms with van der Waals surface area (Å²) < 4.78 is 16.6. The highest BCUT2D eigenvalue weighted by molar-refractivity contribution is 6.61. The van der Waals surface area contributed by atoms with Crippen molar-refractivity contribution in [3.63, 3.8) is 0 Å². The van der Waals surface area contributed by atoms with E-state index in [0.29, 0.717) is 5.69 Å². The first-order valence-corrected chi connectivity index (χ1v) is 7.15. The zero-order valence-corrected chi connectivity index (χ0v) is 13.2. The van der Waals surface area contributed by atoms with Crippen molar-refractivity contribution in [3.05, 3.63) is 24.3 Å². The molecule has 1 aliphatic heterocycles. The maximum Gasteiger partial charge on any atom is 0.494 e. The van der Waals surface area contributed by atoms with Gasteiger partial charge in [0.15, 0.2) is 0 Å². The Labute approximate surface area is 126 Å². The molecule has 5 nitrogen and oxygen atoms in total. The number of hydrogen-bond donors (Lipinski definition) is 1. The van der Waals surface area contributed by atoms with Crippen LogP contribution in [0.2, 0.25) is 0 Å². The minimum absolute atomic E-state index is 0.0783. The van der Waals surface area contributed by atoms with Gasteiger partial charge < -0.3 is 14.0 Å². The van der Waals surface area contributed by atoms with Gasteiger partial charge in [0.1, 0.15) is 5.60 Å². The average molecular weight is 291 g/mol. The van der Waals surface area contributed by atoms with Gasteiger partial charge in [-0.25, -0.2) is 4.79 Å². The van der Waals surface area contributed by atoms with Gasteiger partial charge in [0, 0.05) is 5.69 Å². The van der Waals surface area contributed by atoms with Crippen LogP contribution in [0.3, 0.4) is 0 Å². The van der Waals surface area contributed by atoms with Crippen LogP contribution in [0.25, 0.3) is 0 Å². The Morgan fingerprint density at radius 2 is 1.67 bits per heavy atom. The highest BCUT2D eigenvalue weighted by Gasteiger charge is 2.35. The fourth-order valence-electron chi connectivity index (χ4n) is 1.95. The summed E-state index contributed by atoms with van der Waals surface area (Å²) in [7, 11) is -0.342. The average Bonchev–Trinajstić information content (AvgIpc) is 2.68. The Balaban J connectivity index is 1.95. The van der Waals surface area contributed by atoms with Crippen molar-refractivity contribution < 1.29 is 18.8 Å². The topological polar surface area (TPSA) is 56.8 Å². The molecule has 0 radical (unpaired) electrons. The van der Waals surface area contributed by atoms with E-state index in [-0.39, 0.29) is 19.3 Å². The summed E-state index contributed by atoms with van der Waals surface area (Å²) in [5, 5.41) is 2.69. The minimum atomic E-state index is -0.512. The largest absolute Gasteiger partial charge is 0.494 e. The van der Waals surface area contributed by atoms with E-state index in [9.17, 15) is 4.79 Å². The van der Waals surface area contributed by atoms with Crippen LogP contribution >= 0.6 is 0 Å². The lowest BCUT2D eigenvalue weighted by Crippen LogP contribution is -2.32. The number of nitrogens with one attached hydrogen (secondary N) is 1. The maximum absolute atomic E-state index is 11.7. The summed E-state index contributed by atoms with van der Waals surface area (Å²) in [6.45, 7) is 9.46. The molecule has 2 atom stereocenters. The van der Waals surface area contributed by atoms with Gasteiger partial charge in [0.25, 0.3) is 0 Å². The number of anilines is 1. The van der Waals surface area contributed by atoms with E-state index in [1.807, 2.05) is 46.8 Å². The highest BCUT2D eigenvalue weighted by Crippen LogP contribution is 2.16. The predicted octanol–water partition coefficient (Wildman–Crippen LogP) is 2.55.